The first-order valence-corrected chi connectivity index (χ1v) is 18.5. The van der Waals surface area contributed by atoms with Gasteiger partial charge in [0.1, 0.15) is 0 Å². The second kappa shape index (κ2) is 11.2. The molecule has 0 bridgehead atoms. The maximum absolute atomic E-state index is 2.50. The van der Waals surface area contributed by atoms with Crippen LogP contribution in [0, 0.1) is 0 Å². The molecule has 51 heavy (non-hydrogen) atoms. The van der Waals surface area contributed by atoms with Crippen LogP contribution in [0.1, 0.15) is 11.5 Å². The summed E-state index contributed by atoms with van der Waals surface area (Å²) in [7, 11) is 0. The number of benzene rings is 7. The number of rotatable bonds is 4. The summed E-state index contributed by atoms with van der Waals surface area (Å²) in [6.45, 7) is 0. The number of allylic oxidation sites excluding steroid dienone is 2. The maximum atomic E-state index is 2.50. The topological polar surface area (TPSA) is 8.17 Å². The average Bonchev–Trinajstić information content (AvgIpc) is 3.85. The van der Waals surface area contributed by atoms with E-state index < -0.39 is 0 Å². The highest BCUT2D eigenvalue weighted by Gasteiger charge is 2.37. The van der Waals surface area contributed by atoms with Crippen LogP contribution in [0.25, 0.3) is 69.9 Å². The van der Waals surface area contributed by atoms with Crippen molar-refractivity contribution in [3.05, 3.63) is 188 Å². The van der Waals surface area contributed by atoms with E-state index in [-0.39, 0.29) is 6.04 Å². The SMILES string of the molecule is C1=CC2c3cc(-c4ccc5c(c4)c4ccccc4n5-c4ccc5sc6ccc(-c7ccccc7)cc6c5c4)ccc3N(c3ccccc3)C2C=C1. The minimum atomic E-state index is 0.283. The molecule has 2 aliphatic rings. The largest absolute Gasteiger partial charge is 0.333 e. The molecule has 0 fully saturated rings. The minimum Gasteiger partial charge on any atom is -0.333 e. The number of aromatic nitrogens is 1. The summed E-state index contributed by atoms with van der Waals surface area (Å²) in [6, 6.07) is 58.6. The lowest BCUT2D eigenvalue weighted by Gasteiger charge is -2.28. The van der Waals surface area contributed by atoms with Gasteiger partial charge in [-0.15, -0.1) is 11.3 Å². The van der Waals surface area contributed by atoms with Crippen molar-refractivity contribution in [2.75, 3.05) is 4.90 Å². The van der Waals surface area contributed by atoms with Gasteiger partial charge >= 0.3 is 0 Å². The van der Waals surface area contributed by atoms with Gasteiger partial charge in [-0.05, 0) is 101 Å². The monoisotopic (exact) mass is 668 g/mol. The van der Waals surface area contributed by atoms with Crippen LogP contribution in [0.3, 0.4) is 0 Å². The summed E-state index contributed by atoms with van der Waals surface area (Å²) in [6.07, 6.45) is 9.10. The first-order chi connectivity index (χ1) is 25.3. The van der Waals surface area contributed by atoms with Crippen molar-refractivity contribution in [1.82, 2.24) is 4.57 Å². The Morgan fingerprint density at radius 3 is 1.96 bits per heavy atom. The number of thiophene rings is 1. The number of hydrogen-bond acceptors (Lipinski definition) is 2. The number of anilines is 2. The molecule has 0 N–H and O–H groups in total. The molecular formula is C48H32N2S. The van der Waals surface area contributed by atoms with Crippen LogP contribution in [0.4, 0.5) is 11.4 Å². The highest BCUT2D eigenvalue weighted by molar-refractivity contribution is 7.25. The molecule has 1 aliphatic heterocycles. The first-order valence-electron chi connectivity index (χ1n) is 17.7. The second-order valence-electron chi connectivity index (χ2n) is 13.7. The third-order valence-corrected chi connectivity index (χ3v) is 12.1. The molecule has 0 saturated heterocycles. The summed E-state index contributed by atoms with van der Waals surface area (Å²) in [5.41, 5.74) is 12.5. The van der Waals surface area contributed by atoms with Crippen molar-refractivity contribution < 1.29 is 0 Å². The number of nitrogens with zero attached hydrogens (tertiary/aromatic N) is 2. The van der Waals surface area contributed by atoms with E-state index in [1.807, 2.05) is 11.3 Å². The Balaban J connectivity index is 1.04. The molecule has 2 unspecified atom stereocenters. The molecule has 7 aromatic carbocycles. The summed E-state index contributed by atoms with van der Waals surface area (Å²) in [4.78, 5) is 2.50. The minimum absolute atomic E-state index is 0.283. The summed E-state index contributed by atoms with van der Waals surface area (Å²) in [5.74, 6) is 0.322. The van der Waals surface area contributed by atoms with Gasteiger partial charge in [0.25, 0.3) is 0 Å². The summed E-state index contributed by atoms with van der Waals surface area (Å²) >= 11 is 1.87. The Morgan fingerprint density at radius 2 is 1.08 bits per heavy atom. The lowest BCUT2D eigenvalue weighted by Crippen LogP contribution is -2.28. The van der Waals surface area contributed by atoms with Crippen LogP contribution in [-0.4, -0.2) is 10.6 Å². The van der Waals surface area contributed by atoms with Gasteiger partial charge in [-0.3, -0.25) is 0 Å². The summed E-state index contributed by atoms with van der Waals surface area (Å²) < 4.78 is 5.08. The highest BCUT2D eigenvalue weighted by Crippen LogP contribution is 2.49. The van der Waals surface area contributed by atoms with Gasteiger partial charge in [0, 0.05) is 53.9 Å². The van der Waals surface area contributed by atoms with Gasteiger partial charge in [0.15, 0.2) is 0 Å². The van der Waals surface area contributed by atoms with Crippen molar-refractivity contribution in [3.63, 3.8) is 0 Å². The van der Waals surface area contributed by atoms with Gasteiger partial charge in [-0.2, -0.15) is 0 Å². The van der Waals surface area contributed by atoms with E-state index in [9.17, 15) is 0 Å². The van der Waals surface area contributed by atoms with Crippen molar-refractivity contribution in [2.45, 2.75) is 12.0 Å². The maximum Gasteiger partial charge on any atom is 0.0629 e. The van der Waals surface area contributed by atoms with Gasteiger partial charge in [-0.1, -0.05) is 109 Å². The Bertz CT molecular complexity index is 2870. The van der Waals surface area contributed by atoms with Crippen molar-refractivity contribution >= 4 is 64.7 Å². The van der Waals surface area contributed by atoms with E-state index in [1.165, 1.54) is 86.9 Å². The van der Waals surface area contributed by atoms with E-state index in [4.69, 9.17) is 0 Å². The predicted molar refractivity (Wildman–Crippen MR) is 218 cm³/mol. The molecule has 2 nitrogen and oxygen atoms in total. The number of fused-ring (bicyclic) bond motifs is 9. The van der Waals surface area contributed by atoms with Crippen molar-refractivity contribution in [1.29, 1.82) is 0 Å². The molecule has 9 aromatic rings. The van der Waals surface area contributed by atoms with Crippen LogP contribution in [0.15, 0.2) is 182 Å². The van der Waals surface area contributed by atoms with Gasteiger partial charge in [0.05, 0.1) is 17.1 Å². The molecule has 2 aromatic heterocycles. The van der Waals surface area contributed by atoms with Crippen LogP contribution in [0.2, 0.25) is 0 Å². The van der Waals surface area contributed by atoms with E-state index in [2.05, 4.69) is 191 Å². The highest BCUT2D eigenvalue weighted by atomic mass is 32.1. The molecule has 1 aliphatic carbocycles. The Kier molecular flexibility index (Phi) is 6.28. The molecule has 3 heterocycles. The average molecular weight is 669 g/mol. The second-order valence-corrected chi connectivity index (χ2v) is 14.8. The van der Waals surface area contributed by atoms with Crippen molar-refractivity contribution in [2.24, 2.45) is 0 Å². The molecule has 0 spiro atoms. The zero-order valence-electron chi connectivity index (χ0n) is 27.8. The first kappa shape index (κ1) is 28.7. The molecular weight excluding hydrogens is 637 g/mol. The zero-order valence-corrected chi connectivity index (χ0v) is 28.6. The Labute approximate surface area is 300 Å². The van der Waals surface area contributed by atoms with Crippen LogP contribution in [-0.2, 0) is 0 Å². The van der Waals surface area contributed by atoms with E-state index in [0.717, 1.165) is 0 Å². The smallest absolute Gasteiger partial charge is 0.0629 e. The fourth-order valence-corrected chi connectivity index (χ4v) is 9.62. The third kappa shape index (κ3) is 4.42. The van der Waals surface area contributed by atoms with E-state index >= 15 is 0 Å². The van der Waals surface area contributed by atoms with Crippen LogP contribution >= 0.6 is 11.3 Å². The van der Waals surface area contributed by atoms with Crippen LogP contribution < -0.4 is 4.90 Å². The van der Waals surface area contributed by atoms with Gasteiger partial charge in [0.2, 0.25) is 0 Å². The van der Waals surface area contributed by atoms with Gasteiger partial charge in [-0.25, -0.2) is 0 Å². The molecule has 2 atom stereocenters. The zero-order chi connectivity index (χ0) is 33.5. The normalized spacial score (nSPS) is 16.4. The molecule has 0 radical (unpaired) electrons. The lowest BCUT2D eigenvalue weighted by atomic mass is 9.89. The molecule has 3 heteroatoms. The fraction of sp³-hybridized carbons (Fsp3) is 0.0417. The number of para-hydroxylation sites is 2. The fourth-order valence-electron chi connectivity index (χ4n) is 8.56. The quantitative estimate of drug-likeness (QED) is 0.181. The molecule has 0 saturated carbocycles. The van der Waals surface area contributed by atoms with E-state index in [1.54, 1.807) is 0 Å². The van der Waals surface area contributed by atoms with E-state index in [0.29, 0.717) is 5.92 Å². The van der Waals surface area contributed by atoms with Crippen molar-refractivity contribution in [3.8, 4) is 27.9 Å². The molecule has 240 valence electrons. The Morgan fingerprint density at radius 1 is 0.431 bits per heavy atom. The standard InChI is InChI=1S/C48H32N2S/c1-3-11-31(12-4-1)32-21-25-47-41(29-32)42-30-36(22-26-48(42)51-47)50-44-18-10-8-16-38(44)40-28-34(20-24-46(40)50)33-19-23-45-39(27-33)37-15-7-9-17-43(37)49(45)35-13-5-2-6-14-35/h1-30,37,43H. The van der Waals surface area contributed by atoms with Gasteiger partial charge < -0.3 is 9.47 Å². The van der Waals surface area contributed by atoms with Crippen LogP contribution in [0.5, 0.6) is 0 Å². The molecule has 0 amide bonds. The lowest BCUT2D eigenvalue weighted by molar-refractivity contribution is 0.745. The third-order valence-electron chi connectivity index (χ3n) is 10.9. The number of hydrogen-bond donors (Lipinski definition) is 0. The molecule has 11 rings (SSSR count). The Hall–Kier alpha value is -6.16. The summed E-state index contributed by atoms with van der Waals surface area (Å²) in [5, 5.41) is 5.16. The predicted octanol–water partition coefficient (Wildman–Crippen LogP) is 13.2.